The molecule has 1 amide bonds. The topological polar surface area (TPSA) is 102 Å². The predicted octanol–water partition coefficient (Wildman–Crippen LogP) is 0.164. The third-order valence-corrected chi connectivity index (χ3v) is 2.69. The second-order valence-electron chi connectivity index (χ2n) is 4.37. The number of rotatable bonds is 9. The minimum atomic E-state index is -1.03. The van der Waals surface area contributed by atoms with E-state index in [2.05, 4.69) is 5.32 Å². The van der Waals surface area contributed by atoms with Crippen LogP contribution >= 0.6 is 0 Å². The number of nitrogens with two attached hydrogens (primary N) is 1. The van der Waals surface area contributed by atoms with Crippen molar-refractivity contribution in [2.45, 2.75) is 18.9 Å². The van der Waals surface area contributed by atoms with Crippen LogP contribution in [0.1, 0.15) is 12.0 Å². The summed E-state index contributed by atoms with van der Waals surface area (Å²) < 4.78 is 4.80. The van der Waals surface area contributed by atoms with Crippen molar-refractivity contribution in [1.82, 2.24) is 5.32 Å². The van der Waals surface area contributed by atoms with Gasteiger partial charge in [0.1, 0.15) is 6.61 Å². The molecule has 0 spiro atoms. The van der Waals surface area contributed by atoms with Crippen molar-refractivity contribution in [2.24, 2.45) is 5.73 Å². The van der Waals surface area contributed by atoms with E-state index in [0.717, 1.165) is 12.0 Å². The summed E-state index contributed by atoms with van der Waals surface area (Å²) >= 11 is 0. The fraction of sp³-hybridized carbons (Fsp3) is 0.429. The Labute approximate surface area is 117 Å². The molecule has 1 unspecified atom stereocenters. The van der Waals surface area contributed by atoms with Crippen LogP contribution < -0.4 is 11.1 Å². The third kappa shape index (κ3) is 6.86. The van der Waals surface area contributed by atoms with Crippen molar-refractivity contribution >= 4 is 11.9 Å². The Morgan fingerprint density at radius 1 is 1.30 bits per heavy atom. The minimum Gasteiger partial charge on any atom is -0.480 e. The molecule has 0 aromatic heterocycles. The molecule has 1 atom stereocenters. The number of nitrogens with one attached hydrogen (secondary N) is 1. The SMILES string of the molecule is NC(CCc1ccccc1)C(=O)NCCOCC(=O)O. The van der Waals surface area contributed by atoms with Gasteiger partial charge >= 0.3 is 5.97 Å². The molecule has 1 rings (SSSR count). The van der Waals surface area contributed by atoms with Crippen molar-refractivity contribution in [3.05, 3.63) is 35.9 Å². The highest BCUT2D eigenvalue weighted by Gasteiger charge is 2.12. The van der Waals surface area contributed by atoms with E-state index in [4.69, 9.17) is 15.6 Å². The molecule has 0 bridgehead atoms. The van der Waals surface area contributed by atoms with Gasteiger partial charge < -0.3 is 20.9 Å². The summed E-state index contributed by atoms with van der Waals surface area (Å²) in [5, 5.41) is 11.0. The van der Waals surface area contributed by atoms with Crippen LogP contribution in [-0.4, -0.2) is 42.8 Å². The van der Waals surface area contributed by atoms with E-state index in [-0.39, 0.29) is 25.7 Å². The van der Waals surface area contributed by atoms with Crippen molar-refractivity contribution < 1.29 is 19.4 Å². The summed E-state index contributed by atoms with van der Waals surface area (Å²) in [6.45, 7) is 0.0462. The molecule has 110 valence electrons. The molecule has 1 aromatic rings. The first-order valence-corrected chi connectivity index (χ1v) is 6.46. The van der Waals surface area contributed by atoms with Crippen LogP contribution in [0.25, 0.3) is 0 Å². The molecule has 0 saturated carbocycles. The number of hydrogen-bond acceptors (Lipinski definition) is 4. The second-order valence-corrected chi connectivity index (χ2v) is 4.37. The number of carboxylic acids is 1. The molecule has 0 fully saturated rings. The molecular formula is C14H20N2O4. The average Bonchev–Trinajstić information content (AvgIpc) is 2.45. The molecule has 0 heterocycles. The number of carboxylic acid groups (broad SMARTS) is 1. The Morgan fingerprint density at radius 3 is 2.65 bits per heavy atom. The zero-order chi connectivity index (χ0) is 14.8. The van der Waals surface area contributed by atoms with Gasteiger partial charge in [0.2, 0.25) is 5.91 Å². The monoisotopic (exact) mass is 280 g/mol. The van der Waals surface area contributed by atoms with Gasteiger partial charge in [0.15, 0.2) is 0 Å². The maximum absolute atomic E-state index is 11.7. The maximum Gasteiger partial charge on any atom is 0.329 e. The molecule has 6 nitrogen and oxygen atoms in total. The molecule has 1 aromatic carbocycles. The van der Waals surface area contributed by atoms with E-state index in [1.807, 2.05) is 30.3 Å². The molecule has 4 N–H and O–H groups in total. The van der Waals surface area contributed by atoms with Crippen LogP contribution in [0.3, 0.4) is 0 Å². The van der Waals surface area contributed by atoms with Gasteiger partial charge in [0.25, 0.3) is 0 Å². The lowest BCUT2D eigenvalue weighted by atomic mass is 10.1. The normalized spacial score (nSPS) is 11.8. The summed E-state index contributed by atoms with van der Waals surface area (Å²) in [6.07, 6.45) is 1.30. The molecule has 20 heavy (non-hydrogen) atoms. The van der Waals surface area contributed by atoms with Crippen molar-refractivity contribution in [2.75, 3.05) is 19.8 Å². The predicted molar refractivity (Wildman–Crippen MR) is 74.2 cm³/mol. The quantitative estimate of drug-likeness (QED) is 0.559. The number of hydrogen-bond donors (Lipinski definition) is 3. The lowest BCUT2D eigenvalue weighted by molar-refractivity contribution is -0.142. The van der Waals surface area contributed by atoms with E-state index >= 15 is 0 Å². The lowest BCUT2D eigenvalue weighted by Crippen LogP contribution is -2.42. The van der Waals surface area contributed by atoms with Crippen LogP contribution in [0.5, 0.6) is 0 Å². The summed E-state index contributed by atoms with van der Waals surface area (Å²) in [5.74, 6) is -1.28. The van der Waals surface area contributed by atoms with Gasteiger partial charge in [-0.2, -0.15) is 0 Å². The highest BCUT2D eigenvalue weighted by molar-refractivity contribution is 5.81. The third-order valence-electron chi connectivity index (χ3n) is 2.69. The van der Waals surface area contributed by atoms with Gasteiger partial charge in [-0.25, -0.2) is 4.79 Å². The summed E-state index contributed by atoms with van der Waals surface area (Å²) in [6, 6.07) is 9.23. The highest BCUT2D eigenvalue weighted by atomic mass is 16.5. The van der Waals surface area contributed by atoms with E-state index in [1.54, 1.807) is 0 Å². The highest BCUT2D eigenvalue weighted by Crippen LogP contribution is 2.03. The van der Waals surface area contributed by atoms with Crippen LogP contribution in [0, 0.1) is 0 Å². The number of benzene rings is 1. The first kappa shape index (κ1) is 16.1. The standard InChI is InChI=1S/C14H20N2O4/c15-12(7-6-11-4-2-1-3-5-11)14(19)16-8-9-20-10-13(17)18/h1-5,12H,6-10,15H2,(H,16,19)(H,17,18). The lowest BCUT2D eigenvalue weighted by Gasteiger charge is -2.12. The Bertz CT molecular complexity index is 422. The molecule has 6 heteroatoms. The van der Waals surface area contributed by atoms with Crippen LogP contribution in [0.4, 0.5) is 0 Å². The maximum atomic E-state index is 11.7. The van der Waals surface area contributed by atoms with E-state index in [0.29, 0.717) is 6.42 Å². The van der Waals surface area contributed by atoms with E-state index in [9.17, 15) is 9.59 Å². The Hall–Kier alpha value is -1.92. The number of carbonyl (C=O) groups is 2. The minimum absolute atomic E-state index is 0.156. The number of aryl methyl sites for hydroxylation is 1. The summed E-state index contributed by atoms with van der Waals surface area (Å²) in [7, 11) is 0. The van der Waals surface area contributed by atoms with Gasteiger partial charge in [-0.1, -0.05) is 30.3 Å². The Kier molecular flexibility index (Phi) is 7.31. The zero-order valence-electron chi connectivity index (χ0n) is 11.2. The van der Waals surface area contributed by atoms with Crippen LogP contribution in [0.2, 0.25) is 0 Å². The van der Waals surface area contributed by atoms with E-state index in [1.165, 1.54) is 0 Å². The molecule has 0 aliphatic carbocycles. The molecular weight excluding hydrogens is 260 g/mol. The second kappa shape index (κ2) is 9.06. The fourth-order valence-corrected chi connectivity index (χ4v) is 1.63. The van der Waals surface area contributed by atoms with Gasteiger partial charge in [-0.05, 0) is 18.4 Å². The smallest absolute Gasteiger partial charge is 0.329 e. The van der Waals surface area contributed by atoms with Gasteiger partial charge in [-0.15, -0.1) is 0 Å². The zero-order valence-corrected chi connectivity index (χ0v) is 11.2. The summed E-state index contributed by atoms with van der Waals surface area (Å²) in [5.41, 5.74) is 6.92. The first-order valence-electron chi connectivity index (χ1n) is 6.46. The molecule has 0 radical (unpaired) electrons. The van der Waals surface area contributed by atoms with Crippen LogP contribution in [-0.2, 0) is 20.7 Å². The Morgan fingerprint density at radius 2 is 2.00 bits per heavy atom. The fourth-order valence-electron chi connectivity index (χ4n) is 1.63. The van der Waals surface area contributed by atoms with Crippen molar-refractivity contribution in [1.29, 1.82) is 0 Å². The first-order chi connectivity index (χ1) is 9.59. The van der Waals surface area contributed by atoms with Gasteiger partial charge in [0, 0.05) is 6.54 Å². The van der Waals surface area contributed by atoms with Crippen LogP contribution in [0.15, 0.2) is 30.3 Å². The number of ether oxygens (including phenoxy) is 1. The Balaban J connectivity index is 2.14. The molecule has 0 aliphatic rings. The van der Waals surface area contributed by atoms with Gasteiger partial charge in [-0.3, -0.25) is 4.79 Å². The number of amides is 1. The molecule has 0 saturated heterocycles. The largest absolute Gasteiger partial charge is 0.480 e. The number of aliphatic carboxylic acids is 1. The van der Waals surface area contributed by atoms with E-state index < -0.39 is 12.0 Å². The van der Waals surface area contributed by atoms with Crippen molar-refractivity contribution in [3.63, 3.8) is 0 Å². The number of carbonyl (C=O) groups excluding carboxylic acids is 1. The average molecular weight is 280 g/mol. The van der Waals surface area contributed by atoms with Gasteiger partial charge in [0.05, 0.1) is 12.6 Å². The molecule has 0 aliphatic heterocycles. The summed E-state index contributed by atoms with van der Waals surface area (Å²) in [4.78, 5) is 21.8. The van der Waals surface area contributed by atoms with Crippen molar-refractivity contribution in [3.8, 4) is 0 Å².